The van der Waals surface area contributed by atoms with Crippen molar-refractivity contribution in [2.75, 3.05) is 6.54 Å². The molecule has 0 N–H and O–H groups in total. The van der Waals surface area contributed by atoms with E-state index in [1.54, 1.807) is 18.2 Å². The van der Waals surface area contributed by atoms with Crippen LogP contribution in [0.3, 0.4) is 0 Å². The molecule has 4 nitrogen and oxygen atoms in total. The number of carbonyl (C=O) groups is 1. The summed E-state index contributed by atoms with van der Waals surface area (Å²) in [5, 5.41) is 0. The van der Waals surface area contributed by atoms with Crippen LogP contribution in [0.1, 0.15) is 43.0 Å². The molecule has 0 aromatic heterocycles. The molecule has 19 heavy (non-hydrogen) atoms. The second kappa shape index (κ2) is 5.78. The minimum absolute atomic E-state index is 0.153. The first-order valence-corrected chi connectivity index (χ1v) is 8.87. The van der Waals surface area contributed by atoms with Crippen LogP contribution in [0.4, 0.5) is 0 Å². The van der Waals surface area contributed by atoms with Gasteiger partial charge in [0.2, 0.25) is 0 Å². The number of halogens is 1. The molecule has 1 aromatic rings. The molecule has 0 saturated carbocycles. The zero-order valence-corrected chi connectivity index (χ0v) is 13.7. The fourth-order valence-corrected chi connectivity index (χ4v) is 4.49. The van der Waals surface area contributed by atoms with E-state index in [9.17, 15) is 13.2 Å². The van der Waals surface area contributed by atoms with Gasteiger partial charge >= 0.3 is 0 Å². The fraction of sp³-hybridized carbons (Fsp3) is 0.462. The highest BCUT2D eigenvalue weighted by Crippen LogP contribution is 2.31. The van der Waals surface area contributed by atoms with Crippen LogP contribution >= 0.6 is 22.6 Å². The molecular weight excluding hydrogens is 377 g/mol. The van der Waals surface area contributed by atoms with Crippen LogP contribution < -0.4 is 0 Å². The van der Waals surface area contributed by atoms with Crippen molar-refractivity contribution in [2.24, 2.45) is 0 Å². The highest BCUT2D eigenvalue weighted by molar-refractivity contribution is 14.1. The molecule has 0 unspecified atom stereocenters. The lowest BCUT2D eigenvalue weighted by Gasteiger charge is -2.14. The summed E-state index contributed by atoms with van der Waals surface area (Å²) in [6.07, 6.45) is 3.82. The number of nitrogens with zero attached hydrogens (tertiary/aromatic N) is 1. The predicted octanol–water partition coefficient (Wildman–Crippen LogP) is 3.02. The molecule has 0 aliphatic carbocycles. The molecule has 0 atom stereocenters. The lowest BCUT2D eigenvalue weighted by atomic mass is 10.2. The first-order chi connectivity index (χ1) is 8.98. The number of hydrogen-bond acceptors (Lipinski definition) is 3. The topological polar surface area (TPSA) is 54.5 Å². The average Bonchev–Trinajstić information content (AvgIpc) is 2.54. The van der Waals surface area contributed by atoms with E-state index in [1.165, 1.54) is 0 Å². The van der Waals surface area contributed by atoms with Crippen molar-refractivity contribution >= 4 is 38.5 Å². The first-order valence-electron chi connectivity index (χ1n) is 6.35. The number of hydrogen-bond donors (Lipinski definition) is 0. The van der Waals surface area contributed by atoms with Crippen molar-refractivity contribution < 1.29 is 13.2 Å². The third-order valence-corrected chi connectivity index (χ3v) is 5.68. The second-order valence-electron chi connectivity index (χ2n) is 4.58. The highest BCUT2D eigenvalue weighted by Gasteiger charge is 2.40. The molecule has 0 fully saturated rings. The second-order valence-corrected chi connectivity index (χ2v) is 7.66. The molecule has 104 valence electrons. The number of benzene rings is 1. The van der Waals surface area contributed by atoms with Crippen LogP contribution in [0, 0.1) is 3.57 Å². The quantitative estimate of drug-likeness (QED) is 0.571. The van der Waals surface area contributed by atoms with E-state index in [2.05, 4.69) is 6.92 Å². The van der Waals surface area contributed by atoms with Gasteiger partial charge in [0.1, 0.15) is 4.90 Å². The largest absolute Gasteiger partial charge is 0.269 e. The number of unbranched alkanes of at least 4 members (excludes halogenated alkanes) is 3. The van der Waals surface area contributed by atoms with Gasteiger partial charge in [-0.15, -0.1) is 0 Å². The molecule has 1 heterocycles. The molecule has 1 aliphatic rings. The van der Waals surface area contributed by atoms with Gasteiger partial charge in [-0.05, 0) is 47.2 Å². The number of carbonyl (C=O) groups excluding carboxylic acids is 1. The standard InChI is InChI=1S/C13H16INO3S/c1-2-3-4-5-8-15-13(16)11-7-6-10(14)9-12(11)19(15,17)18/h6-7,9H,2-5,8H2,1H3. The maximum absolute atomic E-state index is 12.3. The summed E-state index contributed by atoms with van der Waals surface area (Å²) in [6, 6.07) is 4.92. The van der Waals surface area contributed by atoms with Crippen LogP contribution in [0.2, 0.25) is 0 Å². The van der Waals surface area contributed by atoms with Crippen LogP contribution in [0.5, 0.6) is 0 Å². The van der Waals surface area contributed by atoms with E-state index in [-0.39, 0.29) is 17.3 Å². The molecule has 1 amide bonds. The van der Waals surface area contributed by atoms with Crippen molar-refractivity contribution in [3.63, 3.8) is 0 Å². The molecule has 0 saturated heterocycles. The minimum atomic E-state index is -3.63. The first kappa shape index (κ1) is 14.8. The van der Waals surface area contributed by atoms with Gasteiger partial charge in [0.05, 0.1) is 5.56 Å². The molecular formula is C13H16INO3S. The SMILES string of the molecule is CCCCCCN1C(=O)c2ccc(I)cc2S1(=O)=O. The Kier molecular flexibility index (Phi) is 4.50. The Morgan fingerprint density at radius 3 is 2.63 bits per heavy atom. The van der Waals surface area contributed by atoms with Crippen LogP contribution in [0.15, 0.2) is 23.1 Å². The Morgan fingerprint density at radius 2 is 1.95 bits per heavy atom. The van der Waals surface area contributed by atoms with E-state index in [4.69, 9.17) is 0 Å². The summed E-state index contributed by atoms with van der Waals surface area (Å²) in [4.78, 5) is 12.3. The Morgan fingerprint density at radius 1 is 1.21 bits per heavy atom. The zero-order chi connectivity index (χ0) is 14.0. The van der Waals surface area contributed by atoms with Crippen molar-refractivity contribution in [1.29, 1.82) is 0 Å². The maximum Gasteiger partial charge on any atom is 0.269 e. The van der Waals surface area contributed by atoms with E-state index in [1.807, 2.05) is 22.6 Å². The summed E-state index contributed by atoms with van der Waals surface area (Å²) < 4.78 is 26.5. The van der Waals surface area contributed by atoms with E-state index in [0.29, 0.717) is 5.56 Å². The van der Waals surface area contributed by atoms with E-state index >= 15 is 0 Å². The third-order valence-electron chi connectivity index (χ3n) is 3.18. The smallest absolute Gasteiger partial charge is 0.268 e. The molecule has 2 rings (SSSR count). The summed E-state index contributed by atoms with van der Waals surface area (Å²) in [5.74, 6) is -0.386. The maximum atomic E-state index is 12.3. The molecule has 0 bridgehead atoms. The Balaban J connectivity index is 2.23. The van der Waals surface area contributed by atoms with Crippen molar-refractivity contribution in [2.45, 2.75) is 37.5 Å². The van der Waals surface area contributed by atoms with Gasteiger partial charge in [-0.1, -0.05) is 26.2 Å². The monoisotopic (exact) mass is 393 g/mol. The van der Waals surface area contributed by atoms with Crippen LogP contribution in [-0.2, 0) is 10.0 Å². The number of fused-ring (bicyclic) bond motifs is 1. The predicted molar refractivity (Wildman–Crippen MR) is 81.5 cm³/mol. The normalized spacial score (nSPS) is 16.7. The highest BCUT2D eigenvalue weighted by atomic mass is 127. The van der Waals surface area contributed by atoms with Crippen molar-refractivity contribution in [3.8, 4) is 0 Å². The summed E-state index contributed by atoms with van der Waals surface area (Å²) in [5.41, 5.74) is 0.302. The fourth-order valence-electron chi connectivity index (χ4n) is 2.15. The molecule has 0 spiro atoms. The summed E-state index contributed by atoms with van der Waals surface area (Å²) in [6.45, 7) is 2.38. The van der Waals surface area contributed by atoms with Gasteiger partial charge < -0.3 is 0 Å². The van der Waals surface area contributed by atoms with Crippen molar-refractivity contribution in [3.05, 3.63) is 27.3 Å². The third kappa shape index (κ3) is 2.79. The van der Waals surface area contributed by atoms with Crippen molar-refractivity contribution in [1.82, 2.24) is 4.31 Å². The number of amides is 1. The zero-order valence-electron chi connectivity index (χ0n) is 10.7. The lowest BCUT2D eigenvalue weighted by Crippen LogP contribution is -2.30. The van der Waals surface area contributed by atoms with E-state index in [0.717, 1.165) is 33.6 Å². The minimum Gasteiger partial charge on any atom is -0.268 e. The molecule has 0 radical (unpaired) electrons. The van der Waals surface area contributed by atoms with Gasteiger partial charge in [0.15, 0.2) is 0 Å². The lowest BCUT2D eigenvalue weighted by molar-refractivity contribution is 0.0869. The molecule has 1 aromatic carbocycles. The van der Waals surface area contributed by atoms with Gasteiger partial charge in [-0.25, -0.2) is 12.7 Å². The summed E-state index contributed by atoms with van der Waals surface area (Å²) in [7, 11) is -3.63. The molecule has 6 heteroatoms. The van der Waals surface area contributed by atoms with Crippen LogP contribution in [0.25, 0.3) is 0 Å². The molecule has 1 aliphatic heterocycles. The van der Waals surface area contributed by atoms with Gasteiger partial charge in [-0.3, -0.25) is 4.79 Å². The Hall–Kier alpha value is -0.630. The van der Waals surface area contributed by atoms with Gasteiger partial charge in [0, 0.05) is 10.1 Å². The van der Waals surface area contributed by atoms with E-state index < -0.39 is 10.0 Å². The number of sulfonamides is 1. The van der Waals surface area contributed by atoms with Gasteiger partial charge in [-0.2, -0.15) is 0 Å². The Bertz CT molecular complexity index is 598. The summed E-state index contributed by atoms with van der Waals surface area (Å²) >= 11 is 2.05. The Labute approximate surface area is 127 Å². The number of rotatable bonds is 5. The average molecular weight is 393 g/mol. The van der Waals surface area contributed by atoms with Crippen LogP contribution in [-0.4, -0.2) is 25.2 Å². The van der Waals surface area contributed by atoms with Gasteiger partial charge in [0.25, 0.3) is 15.9 Å².